The zero-order chi connectivity index (χ0) is 21.4. The number of furan rings is 1. The molecule has 2 amide bonds. The van der Waals surface area contributed by atoms with E-state index in [-0.39, 0.29) is 17.6 Å². The van der Waals surface area contributed by atoms with Crippen LogP contribution in [0.5, 0.6) is 0 Å². The molecule has 30 heavy (non-hydrogen) atoms. The maximum atomic E-state index is 12.2. The average molecular weight is 413 g/mol. The average Bonchev–Trinajstić information content (AvgIpc) is 3.27. The first kappa shape index (κ1) is 23.7. The van der Waals surface area contributed by atoms with Gasteiger partial charge in [-0.05, 0) is 36.8 Å². The van der Waals surface area contributed by atoms with E-state index in [4.69, 9.17) is 4.42 Å². The predicted octanol–water partition coefficient (Wildman–Crippen LogP) is 7.17. The summed E-state index contributed by atoms with van der Waals surface area (Å²) in [6.07, 6.45) is 15.9. The molecule has 0 bridgehead atoms. The Hall–Kier alpha value is -2.56. The van der Waals surface area contributed by atoms with Crippen LogP contribution in [0.4, 0.5) is 11.4 Å². The minimum absolute atomic E-state index is 0.0143. The summed E-state index contributed by atoms with van der Waals surface area (Å²) < 4.78 is 5.09. The number of rotatable bonds is 15. The number of benzene rings is 1. The van der Waals surface area contributed by atoms with Crippen LogP contribution in [0, 0.1) is 0 Å². The largest absolute Gasteiger partial charge is 0.459 e. The van der Waals surface area contributed by atoms with Crippen molar-refractivity contribution in [1.82, 2.24) is 0 Å². The maximum absolute atomic E-state index is 12.2. The standard InChI is InChI=1S/C25H36N2O3/c1-2-3-4-5-6-7-8-9-10-11-12-18-24(28)26-21-15-13-16-22(20-21)27-25(29)23-17-14-19-30-23/h13-17,19-20H,2-12,18H2,1H3,(H,26,28)(H,27,29). The number of hydrogen-bond donors (Lipinski definition) is 2. The van der Waals surface area contributed by atoms with E-state index in [0.29, 0.717) is 17.8 Å². The lowest BCUT2D eigenvalue weighted by Crippen LogP contribution is -2.13. The lowest BCUT2D eigenvalue weighted by atomic mass is 10.1. The second kappa shape index (κ2) is 14.4. The van der Waals surface area contributed by atoms with E-state index in [0.717, 1.165) is 12.8 Å². The molecule has 2 N–H and O–H groups in total. The third-order valence-corrected chi connectivity index (χ3v) is 5.16. The van der Waals surface area contributed by atoms with Gasteiger partial charge in [-0.2, -0.15) is 0 Å². The molecule has 0 unspecified atom stereocenters. The van der Waals surface area contributed by atoms with Gasteiger partial charge < -0.3 is 15.1 Å². The molecule has 0 aliphatic carbocycles. The summed E-state index contributed by atoms with van der Waals surface area (Å²) in [4.78, 5) is 24.2. The Bertz CT molecular complexity index is 741. The van der Waals surface area contributed by atoms with Crippen molar-refractivity contribution in [2.45, 2.75) is 84.0 Å². The molecule has 0 radical (unpaired) electrons. The van der Waals surface area contributed by atoms with Gasteiger partial charge in [0.2, 0.25) is 5.91 Å². The van der Waals surface area contributed by atoms with Crippen molar-refractivity contribution in [1.29, 1.82) is 0 Å². The van der Waals surface area contributed by atoms with Crippen molar-refractivity contribution < 1.29 is 14.0 Å². The topological polar surface area (TPSA) is 71.3 Å². The highest BCUT2D eigenvalue weighted by Gasteiger charge is 2.09. The highest BCUT2D eigenvalue weighted by molar-refractivity contribution is 6.02. The first-order valence-corrected chi connectivity index (χ1v) is 11.4. The fourth-order valence-corrected chi connectivity index (χ4v) is 3.45. The molecule has 2 aromatic rings. The molecule has 164 valence electrons. The Balaban J connectivity index is 1.56. The van der Waals surface area contributed by atoms with Crippen molar-refractivity contribution in [2.24, 2.45) is 0 Å². The lowest BCUT2D eigenvalue weighted by Gasteiger charge is -2.08. The number of hydrogen-bond acceptors (Lipinski definition) is 3. The summed E-state index contributed by atoms with van der Waals surface area (Å²) >= 11 is 0. The van der Waals surface area contributed by atoms with Crippen molar-refractivity contribution in [3.8, 4) is 0 Å². The third kappa shape index (κ3) is 9.77. The minimum Gasteiger partial charge on any atom is -0.459 e. The zero-order valence-corrected chi connectivity index (χ0v) is 18.3. The number of carbonyl (C=O) groups is 2. The van der Waals surface area contributed by atoms with Crippen molar-refractivity contribution in [2.75, 3.05) is 10.6 Å². The van der Waals surface area contributed by atoms with Gasteiger partial charge in [0.1, 0.15) is 0 Å². The predicted molar refractivity (Wildman–Crippen MR) is 123 cm³/mol. The summed E-state index contributed by atoms with van der Waals surface area (Å²) in [7, 11) is 0. The van der Waals surface area contributed by atoms with Crippen LogP contribution in [0.15, 0.2) is 47.1 Å². The first-order valence-electron chi connectivity index (χ1n) is 11.4. The number of amides is 2. The Kier molecular flexibility index (Phi) is 11.4. The highest BCUT2D eigenvalue weighted by atomic mass is 16.3. The molecule has 0 spiro atoms. The maximum Gasteiger partial charge on any atom is 0.291 e. The van der Waals surface area contributed by atoms with Crippen molar-refractivity contribution in [3.63, 3.8) is 0 Å². The Morgan fingerprint density at radius 3 is 1.97 bits per heavy atom. The summed E-state index contributed by atoms with van der Waals surface area (Å²) in [5.41, 5.74) is 1.30. The number of carbonyl (C=O) groups excluding carboxylic acids is 2. The van der Waals surface area contributed by atoms with Gasteiger partial charge in [-0.25, -0.2) is 0 Å². The van der Waals surface area contributed by atoms with Gasteiger partial charge >= 0.3 is 0 Å². The number of unbranched alkanes of at least 4 members (excludes halogenated alkanes) is 10. The van der Waals surface area contributed by atoms with Gasteiger partial charge in [0.25, 0.3) is 5.91 Å². The van der Waals surface area contributed by atoms with Crippen molar-refractivity contribution >= 4 is 23.2 Å². The molecule has 5 heteroatoms. The fourth-order valence-electron chi connectivity index (χ4n) is 3.45. The molecule has 2 rings (SSSR count). The zero-order valence-electron chi connectivity index (χ0n) is 18.3. The monoisotopic (exact) mass is 412 g/mol. The van der Waals surface area contributed by atoms with Crippen LogP contribution in [-0.2, 0) is 4.79 Å². The molecule has 5 nitrogen and oxygen atoms in total. The highest BCUT2D eigenvalue weighted by Crippen LogP contribution is 2.17. The molecule has 0 fully saturated rings. The molecular formula is C25H36N2O3. The first-order chi connectivity index (χ1) is 14.7. The SMILES string of the molecule is CCCCCCCCCCCCCC(=O)Nc1cccc(NC(=O)c2ccco2)c1. The molecule has 1 heterocycles. The van der Waals surface area contributed by atoms with Crippen LogP contribution in [0.1, 0.15) is 94.5 Å². The summed E-state index contributed by atoms with van der Waals surface area (Å²) in [6, 6.07) is 10.4. The normalized spacial score (nSPS) is 10.7. The summed E-state index contributed by atoms with van der Waals surface area (Å²) in [5.74, 6) is -0.0502. The van der Waals surface area contributed by atoms with Gasteiger partial charge in [-0.1, -0.05) is 77.2 Å². The molecule has 0 aliphatic heterocycles. The van der Waals surface area contributed by atoms with Gasteiger partial charge in [0, 0.05) is 17.8 Å². The Labute approximate surface area is 180 Å². The lowest BCUT2D eigenvalue weighted by molar-refractivity contribution is -0.116. The van der Waals surface area contributed by atoms with E-state index >= 15 is 0 Å². The van der Waals surface area contributed by atoms with E-state index in [1.807, 2.05) is 6.07 Å². The molecule has 0 aliphatic rings. The second-order valence-corrected chi connectivity index (χ2v) is 7.85. The third-order valence-electron chi connectivity index (χ3n) is 5.16. The molecule has 0 atom stereocenters. The molecule has 1 aromatic carbocycles. The van der Waals surface area contributed by atoms with Gasteiger partial charge in [0.15, 0.2) is 5.76 Å². The molecule has 0 saturated carbocycles. The second-order valence-electron chi connectivity index (χ2n) is 7.85. The van der Waals surface area contributed by atoms with E-state index in [1.54, 1.807) is 30.3 Å². The van der Waals surface area contributed by atoms with Gasteiger partial charge in [0.05, 0.1) is 6.26 Å². The molecular weight excluding hydrogens is 376 g/mol. The van der Waals surface area contributed by atoms with Gasteiger partial charge in [-0.15, -0.1) is 0 Å². The van der Waals surface area contributed by atoms with E-state index in [9.17, 15) is 9.59 Å². The van der Waals surface area contributed by atoms with Gasteiger partial charge in [-0.3, -0.25) is 9.59 Å². The van der Waals surface area contributed by atoms with E-state index in [1.165, 1.54) is 64.1 Å². The van der Waals surface area contributed by atoms with Crippen LogP contribution < -0.4 is 10.6 Å². The number of nitrogens with one attached hydrogen (secondary N) is 2. The van der Waals surface area contributed by atoms with E-state index in [2.05, 4.69) is 17.6 Å². The van der Waals surface area contributed by atoms with Crippen LogP contribution in [-0.4, -0.2) is 11.8 Å². The van der Waals surface area contributed by atoms with Crippen LogP contribution in [0.25, 0.3) is 0 Å². The summed E-state index contributed by atoms with van der Waals surface area (Å²) in [5, 5.41) is 5.68. The van der Waals surface area contributed by atoms with Crippen LogP contribution in [0.3, 0.4) is 0 Å². The van der Waals surface area contributed by atoms with Crippen LogP contribution >= 0.6 is 0 Å². The number of anilines is 2. The fraction of sp³-hybridized carbons (Fsp3) is 0.520. The smallest absolute Gasteiger partial charge is 0.291 e. The Morgan fingerprint density at radius 2 is 1.37 bits per heavy atom. The Morgan fingerprint density at radius 1 is 0.767 bits per heavy atom. The molecule has 0 saturated heterocycles. The quantitative estimate of drug-likeness (QED) is 0.305. The minimum atomic E-state index is -0.315. The van der Waals surface area contributed by atoms with E-state index < -0.39 is 0 Å². The molecule has 1 aromatic heterocycles. The van der Waals surface area contributed by atoms with Crippen molar-refractivity contribution in [3.05, 3.63) is 48.4 Å². The van der Waals surface area contributed by atoms with Crippen LogP contribution in [0.2, 0.25) is 0 Å². The summed E-state index contributed by atoms with van der Waals surface area (Å²) in [6.45, 7) is 2.25.